The molecule has 0 aliphatic carbocycles. The second-order valence-corrected chi connectivity index (χ2v) is 9.49. The van der Waals surface area contributed by atoms with Crippen molar-refractivity contribution in [3.63, 3.8) is 0 Å². The molecule has 0 radical (unpaired) electrons. The third kappa shape index (κ3) is 4.81. The van der Waals surface area contributed by atoms with Crippen LogP contribution in [0.5, 0.6) is 0 Å². The van der Waals surface area contributed by atoms with Crippen LogP contribution in [0, 0.1) is 5.82 Å². The van der Waals surface area contributed by atoms with Crippen molar-refractivity contribution in [2.75, 3.05) is 37.8 Å². The van der Waals surface area contributed by atoms with Gasteiger partial charge in [-0.15, -0.1) is 0 Å². The van der Waals surface area contributed by atoms with Crippen LogP contribution in [0.25, 0.3) is 0 Å². The molecule has 140 valence electrons. The molecule has 1 aromatic heterocycles. The lowest BCUT2D eigenvalue weighted by Gasteiger charge is -2.25. The van der Waals surface area contributed by atoms with Crippen LogP contribution in [0.4, 0.5) is 10.2 Å². The van der Waals surface area contributed by atoms with E-state index in [1.807, 2.05) is 4.90 Å². The number of rotatable bonds is 5. The summed E-state index contributed by atoms with van der Waals surface area (Å²) >= 11 is 0. The molecule has 0 amide bonds. The number of hydrogen-bond acceptors (Lipinski definition) is 5. The first-order valence-corrected chi connectivity index (χ1v) is 10.1. The first-order chi connectivity index (χ1) is 11.6. The third-order valence-electron chi connectivity index (χ3n) is 4.48. The average Bonchev–Trinajstić information content (AvgIpc) is 2.99. The molecule has 25 heavy (non-hydrogen) atoms. The van der Waals surface area contributed by atoms with Crippen LogP contribution in [-0.2, 0) is 9.84 Å². The van der Waals surface area contributed by atoms with Gasteiger partial charge in [0.1, 0.15) is 0 Å². The summed E-state index contributed by atoms with van der Waals surface area (Å²) in [5.74, 6) is 0.554. The lowest BCUT2D eigenvalue weighted by Crippen LogP contribution is -2.50. The SMILES string of the molecule is CN=C(NCC(C)(C)S(C)(=O)=O)NC1CCN(c2ncccc2F)C1. The zero-order valence-corrected chi connectivity index (χ0v) is 15.9. The third-order valence-corrected chi connectivity index (χ3v) is 6.63. The standard InChI is InChI=1S/C16H26FN5O2S/c1-16(2,25(4,23)24)11-20-15(18-3)21-12-7-9-22(10-12)14-13(17)6-5-8-19-14/h5-6,8,12H,7,9-11H2,1-4H3,(H2,18,20,21). The zero-order chi connectivity index (χ0) is 18.7. The van der Waals surface area contributed by atoms with Gasteiger partial charge >= 0.3 is 0 Å². The Bertz CT molecular complexity index is 736. The van der Waals surface area contributed by atoms with E-state index >= 15 is 0 Å². The number of guanidine groups is 1. The maximum atomic E-state index is 13.8. The molecule has 0 bridgehead atoms. The fourth-order valence-corrected chi connectivity index (χ4v) is 2.83. The number of nitrogens with zero attached hydrogens (tertiary/aromatic N) is 3. The van der Waals surface area contributed by atoms with E-state index in [2.05, 4.69) is 20.6 Å². The van der Waals surface area contributed by atoms with Crippen molar-refractivity contribution in [1.82, 2.24) is 15.6 Å². The smallest absolute Gasteiger partial charge is 0.191 e. The molecule has 0 saturated carbocycles. The molecule has 2 rings (SSSR count). The molecule has 1 aromatic rings. The first kappa shape index (κ1) is 19.4. The van der Waals surface area contributed by atoms with Crippen molar-refractivity contribution >= 4 is 21.6 Å². The largest absolute Gasteiger partial charge is 0.355 e. The lowest BCUT2D eigenvalue weighted by atomic mass is 10.2. The van der Waals surface area contributed by atoms with Crippen LogP contribution in [0.1, 0.15) is 20.3 Å². The highest BCUT2D eigenvalue weighted by Gasteiger charge is 2.31. The summed E-state index contributed by atoms with van der Waals surface area (Å²) < 4.78 is 36.5. The van der Waals surface area contributed by atoms with Gasteiger partial charge in [0.05, 0.1) is 4.75 Å². The highest BCUT2D eigenvalue weighted by molar-refractivity contribution is 7.92. The molecule has 2 N–H and O–H groups in total. The summed E-state index contributed by atoms with van der Waals surface area (Å²) in [5.41, 5.74) is 0. The monoisotopic (exact) mass is 371 g/mol. The van der Waals surface area contributed by atoms with Crippen LogP contribution < -0.4 is 15.5 Å². The van der Waals surface area contributed by atoms with Gasteiger partial charge in [-0.3, -0.25) is 4.99 Å². The maximum Gasteiger partial charge on any atom is 0.191 e. The van der Waals surface area contributed by atoms with Gasteiger partial charge in [0.2, 0.25) is 0 Å². The molecular weight excluding hydrogens is 345 g/mol. The molecule has 1 aliphatic rings. The Morgan fingerprint density at radius 3 is 2.84 bits per heavy atom. The molecule has 7 nitrogen and oxygen atoms in total. The van der Waals surface area contributed by atoms with Gasteiger partial charge in [0, 0.05) is 45.2 Å². The van der Waals surface area contributed by atoms with Crippen LogP contribution in [0.3, 0.4) is 0 Å². The summed E-state index contributed by atoms with van der Waals surface area (Å²) in [4.78, 5) is 10.1. The van der Waals surface area contributed by atoms with Gasteiger partial charge in [-0.25, -0.2) is 17.8 Å². The number of halogens is 1. The minimum atomic E-state index is -3.19. The number of nitrogens with one attached hydrogen (secondary N) is 2. The van der Waals surface area contributed by atoms with E-state index in [0.717, 1.165) is 6.42 Å². The van der Waals surface area contributed by atoms with Crippen LogP contribution >= 0.6 is 0 Å². The molecule has 1 saturated heterocycles. The maximum absolute atomic E-state index is 13.8. The number of aliphatic imine (C=N–C) groups is 1. The minimum absolute atomic E-state index is 0.0777. The Morgan fingerprint density at radius 1 is 1.52 bits per heavy atom. The highest BCUT2D eigenvalue weighted by Crippen LogP contribution is 2.20. The number of aromatic nitrogens is 1. The second-order valence-electron chi connectivity index (χ2n) is 6.84. The predicted octanol–water partition coefficient (Wildman–Crippen LogP) is 0.788. The molecule has 1 fully saturated rings. The molecule has 0 aromatic carbocycles. The van der Waals surface area contributed by atoms with Gasteiger partial charge in [0.25, 0.3) is 0 Å². The first-order valence-electron chi connectivity index (χ1n) is 8.16. The van der Waals surface area contributed by atoms with E-state index in [4.69, 9.17) is 0 Å². The van der Waals surface area contributed by atoms with Crippen molar-refractivity contribution < 1.29 is 12.8 Å². The van der Waals surface area contributed by atoms with Gasteiger partial charge in [-0.05, 0) is 32.4 Å². The summed E-state index contributed by atoms with van der Waals surface area (Å²) in [6.45, 7) is 4.88. The average molecular weight is 371 g/mol. The van der Waals surface area contributed by atoms with Crippen LogP contribution in [0.2, 0.25) is 0 Å². The number of pyridine rings is 1. The fraction of sp³-hybridized carbons (Fsp3) is 0.625. The van der Waals surface area contributed by atoms with Crippen LogP contribution in [0.15, 0.2) is 23.3 Å². The molecule has 9 heteroatoms. The summed E-state index contributed by atoms with van der Waals surface area (Å²) in [7, 11) is -1.55. The second kappa shape index (κ2) is 7.55. The summed E-state index contributed by atoms with van der Waals surface area (Å²) in [6.07, 6.45) is 3.61. The minimum Gasteiger partial charge on any atom is -0.355 e. The lowest BCUT2D eigenvalue weighted by molar-refractivity contribution is 0.542. The van der Waals surface area contributed by atoms with Crippen molar-refractivity contribution in [1.29, 1.82) is 0 Å². The predicted molar refractivity (Wildman–Crippen MR) is 98.2 cm³/mol. The van der Waals surface area contributed by atoms with Crippen molar-refractivity contribution in [2.24, 2.45) is 4.99 Å². The van der Waals surface area contributed by atoms with E-state index in [-0.39, 0.29) is 18.4 Å². The molecular formula is C16H26FN5O2S. The molecule has 1 unspecified atom stereocenters. The van der Waals surface area contributed by atoms with Crippen molar-refractivity contribution in [2.45, 2.75) is 31.1 Å². The van der Waals surface area contributed by atoms with Crippen molar-refractivity contribution in [3.8, 4) is 0 Å². The Morgan fingerprint density at radius 2 is 2.24 bits per heavy atom. The van der Waals surface area contributed by atoms with Gasteiger partial charge < -0.3 is 15.5 Å². The van der Waals surface area contributed by atoms with Gasteiger partial charge in [0.15, 0.2) is 27.4 Å². The topological polar surface area (TPSA) is 86.7 Å². The van der Waals surface area contributed by atoms with E-state index in [0.29, 0.717) is 24.9 Å². The summed E-state index contributed by atoms with van der Waals surface area (Å²) in [6, 6.07) is 3.05. The Kier molecular flexibility index (Phi) is 5.87. The normalized spacial score (nSPS) is 19.2. The molecule has 1 atom stereocenters. The Hall–Kier alpha value is -1.90. The quantitative estimate of drug-likeness (QED) is 0.588. The van der Waals surface area contributed by atoms with E-state index < -0.39 is 14.6 Å². The van der Waals surface area contributed by atoms with Gasteiger partial charge in [-0.2, -0.15) is 0 Å². The van der Waals surface area contributed by atoms with Crippen LogP contribution in [-0.4, -0.2) is 63.1 Å². The van der Waals surface area contributed by atoms with Gasteiger partial charge in [-0.1, -0.05) is 0 Å². The summed E-state index contributed by atoms with van der Waals surface area (Å²) in [5, 5.41) is 6.32. The molecule has 1 aliphatic heterocycles. The van der Waals surface area contributed by atoms with E-state index in [9.17, 15) is 12.8 Å². The number of sulfone groups is 1. The highest BCUT2D eigenvalue weighted by atomic mass is 32.2. The van der Waals surface area contributed by atoms with E-state index in [1.165, 1.54) is 12.3 Å². The number of hydrogen-bond donors (Lipinski definition) is 2. The fourth-order valence-electron chi connectivity index (χ4n) is 2.50. The van der Waals surface area contributed by atoms with E-state index in [1.54, 1.807) is 33.2 Å². The number of anilines is 1. The molecule has 2 heterocycles. The zero-order valence-electron chi connectivity index (χ0n) is 15.1. The Balaban J connectivity index is 1.92. The molecule has 0 spiro atoms. The Labute approximate surface area is 148 Å². The van der Waals surface area contributed by atoms with Crippen molar-refractivity contribution in [3.05, 3.63) is 24.1 Å².